The summed E-state index contributed by atoms with van der Waals surface area (Å²) in [5.41, 5.74) is 1.32. The number of hydrogen-bond acceptors (Lipinski definition) is 23. The highest BCUT2D eigenvalue weighted by molar-refractivity contribution is 6.28. The molecule has 0 spiro atoms. The van der Waals surface area contributed by atoms with Crippen molar-refractivity contribution in [3.63, 3.8) is 0 Å². The average Bonchev–Trinajstić information content (AvgIpc) is 3.27. The zero-order valence-electron chi connectivity index (χ0n) is 33.4. The van der Waals surface area contributed by atoms with Gasteiger partial charge in [0.05, 0.1) is 42.7 Å². The van der Waals surface area contributed by atoms with Crippen LogP contribution in [0.1, 0.15) is 0 Å². The highest BCUT2D eigenvalue weighted by Gasteiger charge is 2.28. The van der Waals surface area contributed by atoms with Gasteiger partial charge in [-0.1, -0.05) is 12.1 Å². The Morgan fingerprint density at radius 3 is 0.902 bits per heavy atom. The molecule has 8 bridgehead atoms. The van der Waals surface area contributed by atoms with Crippen LogP contribution in [0.15, 0.2) is 48.5 Å². The molecule has 0 amide bonds. The van der Waals surface area contributed by atoms with E-state index in [0.29, 0.717) is 22.7 Å². The van der Waals surface area contributed by atoms with E-state index in [9.17, 15) is 28.8 Å². The van der Waals surface area contributed by atoms with Gasteiger partial charge in [-0.25, -0.2) is 9.59 Å². The molecule has 1 aliphatic heterocycles. The normalized spacial score (nSPS) is 11.7. The molecule has 0 unspecified atom stereocenters. The fraction of sp³-hybridized carbons (Fsp3) is 0.333. The van der Waals surface area contributed by atoms with Gasteiger partial charge in [-0.15, -0.1) is 0 Å². The first kappa shape index (κ1) is 46.7. The van der Waals surface area contributed by atoms with Crippen molar-refractivity contribution in [2.24, 2.45) is 0 Å². The zero-order valence-corrected chi connectivity index (χ0v) is 34.9. The summed E-state index contributed by atoms with van der Waals surface area (Å²) in [6.45, 7) is -2.04. The van der Waals surface area contributed by atoms with Gasteiger partial charge >= 0.3 is 35.8 Å². The molecule has 0 aliphatic carbocycles. The van der Waals surface area contributed by atoms with Gasteiger partial charge in [0, 0.05) is 22.7 Å². The number of ether oxygens (including phenoxy) is 7. The number of rotatable bonds is 12. The van der Waals surface area contributed by atoms with E-state index in [1.807, 2.05) is 0 Å². The molecule has 2 aromatic heterocycles. The van der Waals surface area contributed by atoms with Gasteiger partial charge in [-0.05, 0) is 59.6 Å². The number of hydrogen-bond donors (Lipinski definition) is 0. The third kappa shape index (κ3) is 13.0. The predicted octanol–water partition coefficient (Wildman–Crippen LogP) is 2.27. The molecule has 0 fully saturated rings. The molecule has 23 nitrogen and oxygen atoms in total. The monoisotopic (exact) mass is 888 g/mol. The first-order valence-corrected chi connectivity index (χ1v) is 18.1. The van der Waals surface area contributed by atoms with Crippen LogP contribution in [0, 0.1) is 0 Å². The number of anilines is 8. The van der Waals surface area contributed by atoms with Crippen LogP contribution in [0.2, 0.25) is 10.6 Å². The summed E-state index contributed by atoms with van der Waals surface area (Å²) in [5.74, 6) is -4.07. The van der Waals surface area contributed by atoms with Gasteiger partial charge in [-0.2, -0.15) is 29.9 Å². The highest BCUT2D eigenvalue weighted by atomic mass is 35.5. The number of nitrogens with zero attached hydrogens (tertiary/aromatic N) is 10. The summed E-state index contributed by atoms with van der Waals surface area (Å²) in [6.07, 6.45) is 0. The number of carbonyl (C=O) groups is 6. The van der Waals surface area contributed by atoms with E-state index in [4.69, 9.17) is 42.1 Å². The Bertz CT molecular complexity index is 1970. The molecule has 0 saturated carbocycles. The lowest BCUT2D eigenvalue weighted by atomic mass is 10.2. The summed E-state index contributed by atoms with van der Waals surface area (Å²) in [6, 6.07) is 13.0. The molecule has 25 heteroatoms. The van der Waals surface area contributed by atoms with Gasteiger partial charge in [0.2, 0.25) is 34.4 Å². The van der Waals surface area contributed by atoms with Gasteiger partial charge in [-0.3, -0.25) is 38.8 Å². The molecule has 4 aromatic rings. The number of fused-ring (bicyclic) bond motifs is 8. The molecular formula is C36H38Cl2N10O13. The van der Waals surface area contributed by atoms with Crippen molar-refractivity contribution in [2.45, 2.75) is 0 Å². The van der Waals surface area contributed by atoms with Crippen molar-refractivity contribution in [1.29, 1.82) is 0 Å². The molecule has 2 aromatic carbocycles. The SMILES string of the molecule is COC(=O)CN1c2cccc(c2)N(CC(=O)OC)c2nc(Cl)nc(n2)N(CC(=O)OC)c2cccc(c2)N(CC(=O)OC)c2nc(Cl)nc1n2.COC(=O)COCC(=O)OC. The van der Waals surface area contributed by atoms with Crippen molar-refractivity contribution in [1.82, 2.24) is 29.9 Å². The summed E-state index contributed by atoms with van der Waals surface area (Å²) in [7, 11) is 7.35. The van der Waals surface area contributed by atoms with E-state index in [0.717, 1.165) is 0 Å². The number of aromatic nitrogens is 6. The van der Waals surface area contributed by atoms with E-state index in [-0.39, 0.29) is 47.6 Å². The Labute approximate surface area is 357 Å². The van der Waals surface area contributed by atoms with E-state index in [1.165, 1.54) is 62.3 Å². The fourth-order valence-electron chi connectivity index (χ4n) is 5.02. The first-order chi connectivity index (χ1) is 29.2. The number of benzene rings is 2. The third-order valence-corrected chi connectivity index (χ3v) is 8.33. The van der Waals surface area contributed by atoms with Crippen molar-refractivity contribution in [3.05, 3.63) is 59.1 Å². The van der Waals surface area contributed by atoms with E-state index in [1.54, 1.807) is 48.5 Å². The minimum absolute atomic E-state index is 0.0991. The van der Waals surface area contributed by atoms with Crippen LogP contribution < -0.4 is 19.6 Å². The third-order valence-electron chi connectivity index (χ3n) is 8.00. The van der Waals surface area contributed by atoms with Crippen LogP contribution in [-0.2, 0) is 61.9 Å². The number of halogens is 2. The molecule has 3 heterocycles. The van der Waals surface area contributed by atoms with Crippen LogP contribution in [0.25, 0.3) is 0 Å². The molecule has 0 N–H and O–H groups in total. The Kier molecular flexibility index (Phi) is 17.2. The molecular weight excluding hydrogens is 851 g/mol. The summed E-state index contributed by atoms with van der Waals surface area (Å²) in [5, 5.41) is -0.546. The van der Waals surface area contributed by atoms with E-state index < -0.39 is 62.0 Å². The maximum absolute atomic E-state index is 12.7. The molecule has 324 valence electrons. The van der Waals surface area contributed by atoms with Crippen molar-refractivity contribution >= 4 is 106 Å². The van der Waals surface area contributed by atoms with Gasteiger partial charge in [0.1, 0.15) is 39.4 Å². The standard InChI is InChI=1S/C30H28Cl2N10O8.C6H10O5/c1-47-21(43)13-39-17-7-5-8-18(11-17)40(14-22(44)48-2)29-35-26(32)36-30(38-29)42(16-24(46)50-4)20-10-6-9-19(12-20)41(15-23(45)49-3)28-34-25(31)33-27(39)37-28;1-9-5(7)3-11-4-6(8)10-2/h5-12H,13-16H2,1-4H3;3-4H2,1-2H3. The minimum atomic E-state index is -0.659. The molecule has 1 aliphatic rings. The topological polar surface area (TPSA) is 257 Å². The van der Waals surface area contributed by atoms with Crippen LogP contribution in [0.3, 0.4) is 0 Å². The van der Waals surface area contributed by atoms with E-state index in [2.05, 4.69) is 44.1 Å². The van der Waals surface area contributed by atoms with Crippen LogP contribution in [-0.4, -0.2) is 148 Å². The quantitative estimate of drug-likeness (QED) is 0.146. The van der Waals surface area contributed by atoms with Crippen LogP contribution >= 0.6 is 23.2 Å². The maximum atomic E-state index is 12.7. The predicted molar refractivity (Wildman–Crippen MR) is 213 cm³/mol. The lowest BCUT2D eigenvalue weighted by molar-refractivity contribution is -0.152. The Hall–Kier alpha value is -6.98. The number of esters is 6. The van der Waals surface area contributed by atoms with Gasteiger partial charge in [0.15, 0.2) is 0 Å². The summed E-state index contributed by atoms with van der Waals surface area (Å²) >= 11 is 12.9. The van der Waals surface area contributed by atoms with E-state index >= 15 is 0 Å². The van der Waals surface area contributed by atoms with Gasteiger partial charge < -0.3 is 33.2 Å². The lowest BCUT2D eigenvalue weighted by Crippen LogP contribution is -2.33. The molecule has 0 atom stereocenters. The molecule has 61 heavy (non-hydrogen) atoms. The second-order valence-electron chi connectivity index (χ2n) is 11.7. The lowest BCUT2D eigenvalue weighted by Gasteiger charge is -2.29. The van der Waals surface area contributed by atoms with Gasteiger partial charge in [0.25, 0.3) is 0 Å². The Balaban J connectivity index is 0.000000654. The van der Waals surface area contributed by atoms with Crippen molar-refractivity contribution in [3.8, 4) is 0 Å². The minimum Gasteiger partial charge on any atom is -0.468 e. The highest BCUT2D eigenvalue weighted by Crippen LogP contribution is 2.35. The largest absolute Gasteiger partial charge is 0.468 e. The smallest absolute Gasteiger partial charge is 0.331 e. The number of carbonyl (C=O) groups excluding carboxylic acids is 6. The summed E-state index contributed by atoms with van der Waals surface area (Å²) in [4.78, 5) is 104. The van der Waals surface area contributed by atoms with Crippen LogP contribution in [0.5, 0.6) is 0 Å². The van der Waals surface area contributed by atoms with Crippen LogP contribution in [0.4, 0.5) is 46.5 Å². The molecule has 0 saturated heterocycles. The summed E-state index contributed by atoms with van der Waals surface area (Å²) < 4.78 is 32.9. The average molecular weight is 890 g/mol. The maximum Gasteiger partial charge on any atom is 0.331 e. The zero-order chi connectivity index (χ0) is 44.6. The first-order valence-electron chi connectivity index (χ1n) is 17.4. The second kappa shape index (κ2) is 22.4. The molecule has 0 radical (unpaired) electrons. The number of methoxy groups -OCH3 is 6. The molecule has 5 rings (SSSR count). The van der Waals surface area contributed by atoms with Crippen molar-refractivity contribution < 1.29 is 61.9 Å². The fourth-order valence-corrected chi connectivity index (χ4v) is 5.32. The Morgan fingerprint density at radius 1 is 0.426 bits per heavy atom. The Morgan fingerprint density at radius 2 is 0.672 bits per heavy atom. The van der Waals surface area contributed by atoms with Crippen molar-refractivity contribution in [2.75, 3.05) is 102 Å². The second-order valence-corrected chi connectivity index (χ2v) is 12.4.